The third kappa shape index (κ3) is 1.29. The molecule has 74 valence electrons. The van der Waals surface area contributed by atoms with Gasteiger partial charge >= 0.3 is 0 Å². The summed E-state index contributed by atoms with van der Waals surface area (Å²) >= 11 is 7.57. The summed E-state index contributed by atoms with van der Waals surface area (Å²) in [6.07, 6.45) is 0. The number of fused-ring (bicyclic) bond motifs is 3. The van der Waals surface area contributed by atoms with Gasteiger partial charge in [0.2, 0.25) is 0 Å². The molecular formula is C10H6ClN3S. The van der Waals surface area contributed by atoms with Crippen LogP contribution in [-0.2, 0) is 0 Å². The number of hydrogen-bond donors (Lipinski definition) is 0. The largest absolute Gasteiger partial charge is 0.172 e. The average molecular weight is 236 g/mol. The Hall–Kier alpha value is -1.26. The lowest BCUT2D eigenvalue weighted by Crippen LogP contribution is -1.85. The van der Waals surface area contributed by atoms with Crippen LogP contribution in [0.15, 0.2) is 18.2 Å². The van der Waals surface area contributed by atoms with E-state index in [1.807, 2.05) is 0 Å². The van der Waals surface area contributed by atoms with Crippen LogP contribution in [0.5, 0.6) is 0 Å². The van der Waals surface area contributed by atoms with Gasteiger partial charge in [0.25, 0.3) is 0 Å². The Morgan fingerprint density at radius 3 is 3.00 bits per heavy atom. The van der Waals surface area contributed by atoms with Crippen molar-refractivity contribution >= 4 is 43.2 Å². The smallest absolute Gasteiger partial charge is 0.130 e. The number of benzene rings is 1. The zero-order valence-electron chi connectivity index (χ0n) is 7.86. The minimum absolute atomic E-state index is 0.429. The predicted molar refractivity (Wildman–Crippen MR) is 62.5 cm³/mol. The maximum absolute atomic E-state index is 5.97. The van der Waals surface area contributed by atoms with Gasteiger partial charge < -0.3 is 0 Å². The van der Waals surface area contributed by atoms with Crippen LogP contribution in [0.3, 0.4) is 0 Å². The van der Waals surface area contributed by atoms with Crippen molar-refractivity contribution in [2.75, 3.05) is 0 Å². The summed E-state index contributed by atoms with van der Waals surface area (Å²) in [5.41, 5.74) is 2.07. The number of hydrogen-bond acceptors (Lipinski definition) is 4. The van der Waals surface area contributed by atoms with E-state index in [1.165, 1.54) is 10.3 Å². The monoisotopic (exact) mass is 235 g/mol. The van der Waals surface area contributed by atoms with E-state index < -0.39 is 0 Å². The Labute approximate surface area is 94.7 Å². The molecule has 0 saturated carbocycles. The Bertz CT molecular complexity index is 662. The van der Waals surface area contributed by atoms with Crippen molar-refractivity contribution in [2.45, 2.75) is 6.92 Å². The maximum atomic E-state index is 5.97. The molecule has 3 nitrogen and oxygen atoms in total. The van der Waals surface area contributed by atoms with Crippen molar-refractivity contribution in [3.8, 4) is 0 Å². The summed E-state index contributed by atoms with van der Waals surface area (Å²) in [5.74, 6) is 0. The summed E-state index contributed by atoms with van der Waals surface area (Å²) in [6.45, 7) is 2.06. The van der Waals surface area contributed by atoms with Crippen molar-refractivity contribution < 1.29 is 0 Å². The lowest BCUT2D eigenvalue weighted by Gasteiger charge is -1.91. The third-order valence-electron chi connectivity index (χ3n) is 2.28. The molecule has 0 fully saturated rings. The van der Waals surface area contributed by atoms with E-state index in [0.717, 1.165) is 15.6 Å². The predicted octanol–water partition coefficient (Wildman–Crippen LogP) is 3.20. The molecule has 0 spiro atoms. The molecule has 0 unspecified atom stereocenters. The van der Waals surface area contributed by atoms with Crippen LogP contribution in [0, 0.1) is 6.92 Å². The molecule has 0 atom stereocenters. The molecule has 15 heavy (non-hydrogen) atoms. The van der Waals surface area contributed by atoms with Crippen LogP contribution in [0.2, 0.25) is 5.15 Å². The van der Waals surface area contributed by atoms with Gasteiger partial charge in [-0.1, -0.05) is 23.7 Å². The quantitative estimate of drug-likeness (QED) is 0.601. The zero-order chi connectivity index (χ0) is 10.4. The Morgan fingerprint density at radius 1 is 1.27 bits per heavy atom. The molecule has 0 aliphatic carbocycles. The van der Waals surface area contributed by atoms with Crippen LogP contribution < -0.4 is 0 Å². The van der Waals surface area contributed by atoms with E-state index in [4.69, 9.17) is 11.6 Å². The van der Waals surface area contributed by atoms with Crippen LogP contribution in [0.1, 0.15) is 5.56 Å². The lowest BCUT2D eigenvalue weighted by molar-refractivity contribution is 0.900. The Morgan fingerprint density at radius 2 is 2.13 bits per heavy atom. The molecule has 3 aromatic rings. The highest BCUT2D eigenvalue weighted by molar-refractivity contribution is 7.26. The molecule has 0 saturated heterocycles. The van der Waals surface area contributed by atoms with Crippen molar-refractivity contribution in [2.24, 2.45) is 0 Å². The molecule has 2 aromatic heterocycles. The molecule has 5 heteroatoms. The third-order valence-corrected chi connectivity index (χ3v) is 3.81. The number of aromatic nitrogens is 3. The fraction of sp³-hybridized carbons (Fsp3) is 0.100. The van der Waals surface area contributed by atoms with Crippen LogP contribution in [0.25, 0.3) is 20.3 Å². The fourth-order valence-corrected chi connectivity index (χ4v) is 2.93. The SMILES string of the molecule is Cc1ccc2c(c1)sc1c(Cl)nnnc12. The minimum atomic E-state index is 0.429. The molecule has 2 heterocycles. The first-order valence-electron chi connectivity index (χ1n) is 4.43. The summed E-state index contributed by atoms with van der Waals surface area (Å²) in [5, 5.41) is 12.9. The van der Waals surface area contributed by atoms with Crippen molar-refractivity contribution in [1.29, 1.82) is 0 Å². The number of nitrogens with zero attached hydrogens (tertiary/aromatic N) is 3. The molecule has 1 aromatic carbocycles. The van der Waals surface area contributed by atoms with E-state index in [-0.39, 0.29) is 0 Å². The highest BCUT2D eigenvalue weighted by Crippen LogP contribution is 2.35. The van der Waals surface area contributed by atoms with E-state index in [1.54, 1.807) is 11.3 Å². The van der Waals surface area contributed by atoms with Gasteiger partial charge in [-0.2, -0.15) is 0 Å². The first-order chi connectivity index (χ1) is 7.25. The van der Waals surface area contributed by atoms with E-state index >= 15 is 0 Å². The summed E-state index contributed by atoms with van der Waals surface area (Å²) in [6, 6.07) is 6.23. The normalized spacial score (nSPS) is 11.3. The molecule has 3 rings (SSSR count). The molecule has 0 amide bonds. The number of halogens is 1. The van der Waals surface area contributed by atoms with E-state index in [9.17, 15) is 0 Å². The summed E-state index contributed by atoms with van der Waals surface area (Å²) in [4.78, 5) is 0. The molecule has 0 aliphatic rings. The van der Waals surface area contributed by atoms with Crippen molar-refractivity contribution in [3.05, 3.63) is 28.9 Å². The van der Waals surface area contributed by atoms with Gasteiger partial charge in [0, 0.05) is 10.1 Å². The second kappa shape index (κ2) is 3.12. The van der Waals surface area contributed by atoms with Gasteiger partial charge in [-0.05, 0) is 23.8 Å². The second-order valence-electron chi connectivity index (χ2n) is 3.36. The van der Waals surface area contributed by atoms with Gasteiger partial charge in [-0.15, -0.1) is 21.5 Å². The second-order valence-corrected chi connectivity index (χ2v) is 4.77. The minimum Gasteiger partial charge on any atom is -0.130 e. The first kappa shape index (κ1) is 9.00. The number of thiophene rings is 1. The van der Waals surface area contributed by atoms with Crippen LogP contribution >= 0.6 is 22.9 Å². The highest BCUT2D eigenvalue weighted by Gasteiger charge is 2.10. The van der Waals surface area contributed by atoms with Gasteiger partial charge in [-0.3, -0.25) is 0 Å². The molecular weight excluding hydrogens is 230 g/mol. The molecule has 0 aliphatic heterocycles. The van der Waals surface area contributed by atoms with Gasteiger partial charge in [0.1, 0.15) is 5.52 Å². The Kier molecular flexibility index (Phi) is 1.87. The zero-order valence-corrected chi connectivity index (χ0v) is 9.43. The maximum Gasteiger partial charge on any atom is 0.172 e. The summed E-state index contributed by atoms with van der Waals surface area (Å²) in [7, 11) is 0. The van der Waals surface area contributed by atoms with Crippen molar-refractivity contribution in [1.82, 2.24) is 15.4 Å². The van der Waals surface area contributed by atoms with Gasteiger partial charge in [0.05, 0.1) is 4.70 Å². The number of aryl methyl sites for hydroxylation is 1. The topological polar surface area (TPSA) is 38.7 Å². The van der Waals surface area contributed by atoms with Crippen LogP contribution in [-0.4, -0.2) is 15.4 Å². The highest BCUT2D eigenvalue weighted by atomic mass is 35.5. The first-order valence-corrected chi connectivity index (χ1v) is 5.63. The van der Waals surface area contributed by atoms with Gasteiger partial charge in [-0.25, -0.2) is 0 Å². The molecule has 0 bridgehead atoms. The lowest BCUT2D eigenvalue weighted by atomic mass is 10.2. The fourth-order valence-electron chi connectivity index (χ4n) is 1.58. The molecule has 0 N–H and O–H groups in total. The average Bonchev–Trinajstić information content (AvgIpc) is 2.57. The van der Waals surface area contributed by atoms with Crippen molar-refractivity contribution in [3.63, 3.8) is 0 Å². The Balaban J connectivity index is 2.57. The standard InChI is InChI=1S/C10H6ClN3S/c1-5-2-3-6-7(4-5)15-9-8(6)12-14-13-10(9)11/h2-4H,1H3. The number of rotatable bonds is 0. The van der Waals surface area contributed by atoms with E-state index in [0.29, 0.717) is 5.15 Å². The van der Waals surface area contributed by atoms with Crippen LogP contribution in [0.4, 0.5) is 0 Å². The van der Waals surface area contributed by atoms with Gasteiger partial charge in [0.15, 0.2) is 5.15 Å². The van der Waals surface area contributed by atoms with E-state index in [2.05, 4.69) is 40.5 Å². The molecule has 0 radical (unpaired) electrons. The summed E-state index contributed by atoms with van der Waals surface area (Å²) < 4.78 is 2.08.